The number of benzene rings is 2. The number of amides is 1. The predicted octanol–water partition coefficient (Wildman–Crippen LogP) is 3.55. The van der Waals surface area contributed by atoms with Crippen LogP contribution < -0.4 is 11.1 Å². The number of carbonyl (C=O) groups excluding carboxylic acids is 1. The third-order valence-electron chi connectivity index (χ3n) is 3.02. The van der Waals surface area contributed by atoms with Gasteiger partial charge in [-0.3, -0.25) is 4.79 Å². The third kappa shape index (κ3) is 3.08. The highest BCUT2D eigenvalue weighted by Gasteiger charge is 2.15. The lowest BCUT2D eigenvalue weighted by atomic mass is 10.1. The Kier molecular flexibility index (Phi) is 4.25. The predicted molar refractivity (Wildman–Crippen MR) is 78.1 cm³/mol. The van der Waals surface area contributed by atoms with E-state index in [1.165, 1.54) is 12.1 Å². The van der Waals surface area contributed by atoms with Crippen molar-refractivity contribution >= 4 is 23.2 Å². The van der Waals surface area contributed by atoms with E-state index in [9.17, 15) is 9.18 Å². The van der Waals surface area contributed by atoms with Gasteiger partial charge in [-0.15, -0.1) is 0 Å². The van der Waals surface area contributed by atoms with E-state index in [4.69, 9.17) is 17.3 Å². The van der Waals surface area contributed by atoms with Crippen LogP contribution in [-0.2, 0) is 0 Å². The topological polar surface area (TPSA) is 55.1 Å². The van der Waals surface area contributed by atoms with Crippen LogP contribution in [0, 0.1) is 5.82 Å². The van der Waals surface area contributed by atoms with Gasteiger partial charge in [0.25, 0.3) is 5.91 Å². The van der Waals surface area contributed by atoms with Crippen LogP contribution in [0.4, 0.5) is 10.1 Å². The van der Waals surface area contributed by atoms with Crippen LogP contribution in [0.2, 0.25) is 5.02 Å². The molecule has 20 heavy (non-hydrogen) atoms. The molecule has 0 saturated heterocycles. The van der Waals surface area contributed by atoms with Crippen LogP contribution in [0.15, 0.2) is 42.5 Å². The summed E-state index contributed by atoms with van der Waals surface area (Å²) in [6.07, 6.45) is 0. The van der Waals surface area contributed by atoms with E-state index >= 15 is 0 Å². The molecular formula is C15H14ClFN2O. The molecule has 0 bridgehead atoms. The van der Waals surface area contributed by atoms with Gasteiger partial charge < -0.3 is 11.1 Å². The molecule has 1 amide bonds. The maximum Gasteiger partial charge on any atom is 0.253 e. The van der Waals surface area contributed by atoms with Crippen molar-refractivity contribution in [2.45, 2.75) is 13.0 Å². The molecule has 3 nitrogen and oxygen atoms in total. The first kappa shape index (κ1) is 14.3. The number of para-hydroxylation sites is 1. The van der Waals surface area contributed by atoms with Crippen molar-refractivity contribution in [3.05, 3.63) is 64.4 Å². The smallest absolute Gasteiger partial charge is 0.253 e. The zero-order valence-corrected chi connectivity index (χ0v) is 11.6. The Morgan fingerprint density at radius 3 is 2.55 bits per heavy atom. The molecule has 5 heteroatoms. The lowest BCUT2D eigenvalue weighted by Crippen LogP contribution is -2.27. The number of hydrogen-bond donors (Lipinski definition) is 2. The van der Waals surface area contributed by atoms with Gasteiger partial charge in [0.2, 0.25) is 0 Å². The Balaban J connectivity index is 2.15. The minimum Gasteiger partial charge on any atom is -0.397 e. The van der Waals surface area contributed by atoms with Gasteiger partial charge in [0.1, 0.15) is 5.82 Å². The molecule has 1 unspecified atom stereocenters. The maximum absolute atomic E-state index is 12.9. The molecule has 0 aliphatic carbocycles. The molecule has 0 spiro atoms. The van der Waals surface area contributed by atoms with Gasteiger partial charge in [0.15, 0.2) is 0 Å². The molecule has 3 N–H and O–H groups in total. The standard InChI is InChI=1S/C15H14ClFN2O/c1-9(10-5-7-11(17)8-6-10)19-15(20)12-3-2-4-13(16)14(12)18/h2-9H,18H2,1H3,(H,19,20). The molecule has 2 rings (SSSR count). The van der Waals surface area contributed by atoms with Gasteiger partial charge in [-0.1, -0.05) is 29.8 Å². The van der Waals surface area contributed by atoms with E-state index in [2.05, 4.69) is 5.32 Å². The minimum absolute atomic E-state index is 0.248. The molecule has 104 valence electrons. The van der Waals surface area contributed by atoms with Gasteiger partial charge in [-0.25, -0.2) is 4.39 Å². The monoisotopic (exact) mass is 292 g/mol. The van der Waals surface area contributed by atoms with E-state index in [-0.39, 0.29) is 23.5 Å². The highest BCUT2D eigenvalue weighted by atomic mass is 35.5. The van der Waals surface area contributed by atoms with Crippen LogP contribution in [0.1, 0.15) is 28.9 Å². The SMILES string of the molecule is CC(NC(=O)c1cccc(Cl)c1N)c1ccc(F)cc1. The van der Waals surface area contributed by atoms with Crippen molar-refractivity contribution in [1.82, 2.24) is 5.32 Å². The maximum atomic E-state index is 12.9. The summed E-state index contributed by atoms with van der Waals surface area (Å²) in [6, 6.07) is 10.6. The number of anilines is 1. The molecule has 0 heterocycles. The number of rotatable bonds is 3. The number of nitrogens with two attached hydrogens (primary N) is 1. The number of hydrogen-bond acceptors (Lipinski definition) is 2. The second kappa shape index (κ2) is 5.92. The molecule has 0 aromatic heterocycles. The van der Waals surface area contributed by atoms with Crippen molar-refractivity contribution in [1.29, 1.82) is 0 Å². The Labute approximate surface area is 121 Å². The highest BCUT2D eigenvalue weighted by molar-refractivity contribution is 6.33. The average molecular weight is 293 g/mol. The molecular weight excluding hydrogens is 279 g/mol. The van der Waals surface area contributed by atoms with Crippen molar-refractivity contribution in [3.63, 3.8) is 0 Å². The number of carbonyl (C=O) groups is 1. The van der Waals surface area contributed by atoms with Crippen molar-refractivity contribution in [2.24, 2.45) is 0 Å². The second-order valence-corrected chi connectivity index (χ2v) is 4.85. The number of nitrogens with one attached hydrogen (secondary N) is 1. The number of halogens is 2. The summed E-state index contributed by atoms with van der Waals surface area (Å²) >= 11 is 5.88. The molecule has 2 aromatic carbocycles. The molecule has 2 aromatic rings. The summed E-state index contributed by atoms with van der Waals surface area (Å²) < 4.78 is 12.9. The first-order valence-electron chi connectivity index (χ1n) is 6.09. The van der Waals surface area contributed by atoms with Crippen LogP contribution in [0.3, 0.4) is 0 Å². The van der Waals surface area contributed by atoms with Crippen molar-refractivity contribution < 1.29 is 9.18 Å². The van der Waals surface area contributed by atoms with Gasteiger partial charge >= 0.3 is 0 Å². The summed E-state index contributed by atoms with van der Waals surface area (Å²) in [5.74, 6) is -0.631. The molecule has 0 aliphatic heterocycles. The summed E-state index contributed by atoms with van der Waals surface area (Å²) in [4.78, 5) is 12.1. The van der Waals surface area contributed by atoms with Crippen LogP contribution >= 0.6 is 11.6 Å². The Bertz CT molecular complexity index is 628. The summed E-state index contributed by atoms with van der Waals surface area (Å²) in [7, 11) is 0. The lowest BCUT2D eigenvalue weighted by molar-refractivity contribution is 0.0941. The Morgan fingerprint density at radius 1 is 1.25 bits per heavy atom. The van der Waals surface area contributed by atoms with E-state index in [1.54, 1.807) is 30.3 Å². The average Bonchev–Trinajstić information content (AvgIpc) is 2.42. The second-order valence-electron chi connectivity index (χ2n) is 4.45. The lowest BCUT2D eigenvalue weighted by Gasteiger charge is -2.15. The normalized spacial score (nSPS) is 11.9. The van der Waals surface area contributed by atoms with Gasteiger partial charge in [0.05, 0.1) is 22.3 Å². The van der Waals surface area contributed by atoms with Crippen LogP contribution in [0.5, 0.6) is 0 Å². The van der Waals surface area contributed by atoms with E-state index in [0.717, 1.165) is 5.56 Å². The number of nitrogen functional groups attached to an aromatic ring is 1. The Hall–Kier alpha value is -2.07. The van der Waals surface area contributed by atoms with E-state index in [1.807, 2.05) is 6.92 Å². The fourth-order valence-electron chi connectivity index (χ4n) is 1.84. The minimum atomic E-state index is -0.318. The van der Waals surface area contributed by atoms with Crippen LogP contribution in [-0.4, -0.2) is 5.91 Å². The third-order valence-corrected chi connectivity index (χ3v) is 3.34. The van der Waals surface area contributed by atoms with E-state index in [0.29, 0.717) is 10.6 Å². The Morgan fingerprint density at radius 2 is 1.90 bits per heavy atom. The van der Waals surface area contributed by atoms with Crippen molar-refractivity contribution in [2.75, 3.05) is 5.73 Å². The molecule has 0 aliphatic rings. The molecule has 0 fully saturated rings. The molecule has 0 radical (unpaired) electrons. The highest BCUT2D eigenvalue weighted by Crippen LogP contribution is 2.23. The van der Waals surface area contributed by atoms with Crippen LogP contribution in [0.25, 0.3) is 0 Å². The zero-order chi connectivity index (χ0) is 14.7. The first-order valence-corrected chi connectivity index (χ1v) is 6.47. The summed E-state index contributed by atoms with van der Waals surface area (Å²) in [5.41, 5.74) is 7.15. The quantitative estimate of drug-likeness (QED) is 0.850. The van der Waals surface area contributed by atoms with Gasteiger partial charge in [-0.05, 0) is 36.8 Å². The van der Waals surface area contributed by atoms with E-state index < -0.39 is 0 Å². The summed E-state index contributed by atoms with van der Waals surface area (Å²) in [5, 5.41) is 3.14. The van der Waals surface area contributed by atoms with Gasteiger partial charge in [0, 0.05) is 0 Å². The first-order chi connectivity index (χ1) is 9.49. The largest absolute Gasteiger partial charge is 0.397 e. The molecule has 1 atom stereocenters. The fraction of sp³-hybridized carbons (Fsp3) is 0.133. The van der Waals surface area contributed by atoms with Crippen molar-refractivity contribution in [3.8, 4) is 0 Å². The fourth-order valence-corrected chi connectivity index (χ4v) is 2.02. The zero-order valence-electron chi connectivity index (χ0n) is 10.9. The molecule has 0 saturated carbocycles. The summed E-state index contributed by atoms with van der Waals surface area (Å²) in [6.45, 7) is 1.81. The van der Waals surface area contributed by atoms with Gasteiger partial charge in [-0.2, -0.15) is 0 Å².